The average Bonchev–Trinajstić information content (AvgIpc) is 2.78. The Kier molecular flexibility index (Phi) is 8.74. The zero-order valence-electron chi connectivity index (χ0n) is 18.2. The van der Waals surface area contributed by atoms with Gasteiger partial charge in [0.1, 0.15) is 0 Å². The van der Waals surface area contributed by atoms with Crippen molar-refractivity contribution in [3.8, 4) is 0 Å². The lowest BCUT2D eigenvalue weighted by Gasteiger charge is -2.31. The van der Waals surface area contributed by atoms with Gasteiger partial charge in [0.2, 0.25) is 0 Å². The third-order valence-corrected chi connectivity index (χ3v) is 6.39. The van der Waals surface area contributed by atoms with E-state index >= 15 is 0 Å². The number of likely N-dealkylation sites (tertiary alicyclic amines) is 1. The van der Waals surface area contributed by atoms with Crippen LogP contribution in [0.4, 0.5) is 0 Å². The Morgan fingerprint density at radius 2 is 1.70 bits per heavy atom. The summed E-state index contributed by atoms with van der Waals surface area (Å²) in [7, 11) is 0. The van der Waals surface area contributed by atoms with E-state index in [0.717, 1.165) is 30.2 Å². The largest absolute Gasteiger partial charge is 0.350 e. The Morgan fingerprint density at radius 1 is 1.03 bits per heavy atom. The summed E-state index contributed by atoms with van der Waals surface area (Å²) in [4.78, 5) is 17.6. The number of likely N-dealkylation sites (N-methyl/N-ethyl adjacent to an activating group) is 1. The first-order chi connectivity index (χ1) is 14.6. The van der Waals surface area contributed by atoms with Gasteiger partial charge in [-0.3, -0.25) is 14.6 Å². The Hall–Kier alpha value is -1.88. The number of hydrogen-bond donors (Lipinski definition) is 1. The van der Waals surface area contributed by atoms with E-state index < -0.39 is 0 Å². The molecule has 1 fully saturated rings. The van der Waals surface area contributed by atoms with E-state index in [1.165, 1.54) is 37.9 Å². The van der Waals surface area contributed by atoms with E-state index in [1.54, 1.807) is 0 Å². The quantitative estimate of drug-likeness (QED) is 0.601. The van der Waals surface area contributed by atoms with Crippen molar-refractivity contribution in [2.24, 2.45) is 0 Å². The molecule has 2 aromatic carbocycles. The van der Waals surface area contributed by atoms with Crippen LogP contribution < -0.4 is 5.32 Å². The number of amides is 1. The van der Waals surface area contributed by atoms with Crippen molar-refractivity contribution in [2.45, 2.75) is 45.7 Å². The van der Waals surface area contributed by atoms with Gasteiger partial charge in [0, 0.05) is 23.7 Å². The Bertz CT molecular complexity index is 798. The summed E-state index contributed by atoms with van der Waals surface area (Å²) in [5.74, 6) is -0.0382. The van der Waals surface area contributed by atoms with Crippen LogP contribution in [0.2, 0.25) is 5.02 Å². The molecule has 1 N–H and O–H groups in total. The fourth-order valence-corrected chi connectivity index (χ4v) is 4.54. The zero-order valence-corrected chi connectivity index (χ0v) is 19.0. The SMILES string of the molecule is CCN(CC)C(CNC(=O)c1ccc(CN2CCCCC2)cc1)c1ccccc1Cl. The van der Waals surface area contributed by atoms with Crippen molar-refractivity contribution in [2.75, 3.05) is 32.7 Å². The van der Waals surface area contributed by atoms with Gasteiger partial charge in [-0.2, -0.15) is 0 Å². The van der Waals surface area contributed by atoms with E-state index in [0.29, 0.717) is 12.1 Å². The lowest BCUT2D eigenvalue weighted by molar-refractivity contribution is 0.0935. The second kappa shape index (κ2) is 11.5. The molecule has 1 heterocycles. The lowest BCUT2D eigenvalue weighted by Crippen LogP contribution is -2.38. The second-order valence-electron chi connectivity index (χ2n) is 8.00. The molecule has 1 aliphatic rings. The molecule has 1 saturated heterocycles. The van der Waals surface area contributed by atoms with Gasteiger partial charge in [0.15, 0.2) is 0 Å². The number of halogens is 1. The molecule has 1 atom stereocenters. The molecular formula is C25H34ClN3O. The summed E-state index contributed by atoms with van der Waals surface area (Å²) in [6.07, 6.45) is 3.93. The van der Waals surface area contributed by atoms with E-state index in [9.17, 15) is 4.79 Å². The topological polar surface area (TPSA) is 35.6 Å². The minimum Gasteiger partial charge on any atom is -0.350 e. The van der Waals surface area contributed by atoms with E-state index in [4.69, 9.17) is 11.6 Å². The number of rotatable bonds is 9. The van der Waals surface area contributed by atoms with Crippen molar-refractivity contribution in [3.63, 3.8) is 0 Å². The van der Waals surface area contributed by atoms with Crippen LogP contribution in [0.5, 0.6) is 0 Å². The first-order valence-electron chi connectivity index (χ1n) is 11.2. The second-order valence-corrected chi connectivity index (χ2v) is 8.41. The van der Waals surface area contributed by atoms with Crippen LogP contribution in [-0.2, 0) is 6.54 Å². The van der Waals surface area contributed by atoms with Crippen molar-refractivity contribution in [1.29, 1.82) is 0 Å². The fourth-order valence-electron chi connectivity index (χ4n) is 4.27. The zero-order chi connectivity index (χ0) is 21.3. The van der Waals surface area contributed by atoms with E-state index in [1.807, 2.05) is 36.4 Å². The Balaban J connectivity index is 1.62. The molecule has 0 saturated carbocycles. The maximum absolute atomic E-state index is 12.8. The van der Waals surface area contributed by atoms with Crippen molar-refractivity contribution >= 4 is 17.5 Å². The summed E-state index contributed by atoms with van der Waals surface area (Å²) in [5.41, 5.74) is 3.03. The van der Waals surface area contributed by atoms with Gasteiger partial charge < -0.3 is 5.32 Å². The van der Waals surface area contributed by atoms with Crippen LogP contribution >= 0.6 is 11.6 Å². The standard InChI is InChI=1S/C25H34ClN3O/c1-3-29(4-2)24(22-10-6-7-11-23(22)26)18-27-25(30)21-14-12-20(13-15-21)19-28-16-8-5-9-17-28/h6-7,10-15,24H,3-5,8-9,16-19H2,1-2H3,(H,27,30). The molecule has 162 valence electrons. The number of hydrogen-bond acceptors (Lipinski definition) is 3. The molecule has 0 aliphatic carbocycles. The summed E-state index contributed by atoms with van der Waals surface area (Å²) in [5, 5.41) is 3.87. The molecule has 1 amide bonds. The number of piperidine rings is 1. The molecule has 30 heavy (non-hydrogen) atoms. The number of nitrogens with zero attached hydrogens (tertiary/aromatic N) is 2. The van der Waals surface area contributed by atoms with Crippen LogP contribution in [0.3, 0.4) is 0 Å². The Morgan fingerprint density at radius 3 is 2.33 bits per heavy atom. The van der Waals surface area contributed by atoms with E-state index in [-0.39, 0.29) is 11.9 Å². The molecular weight excluding hydrogens is 394 g/mol. The van der Waals surface area contributed by atoms with Crippen LogP contribution in [0.25, 0.3) is 0 Å². The molecule has 0 radical (unpaired) electrons. The van der Waals surface area contributed by atoms with Gasteiger partial charge in [-0.05, 0) is 68.3 Å². The minimum atomic E-state index is -0.0382. The first-order valence-corrected chi connectivity index (χ1v) is 11.6. The molecule has 5 heteroatoms. The van der Waals surface area contributed by atoms with Crippen molar-refractivity contribution in [3.05, 3.63) is 70.2 Å². The third-order valence-electron chi connectivity index (χ3n) is 6.04. The third kappa shape index (κ3) is 6.07. The molecule has 0 spiro atoms. The fraction of sp³-hybridized carbons (Fsp3) is 0.480. The minimum absolute atomic E-state index is 0.0382. The number of carbonyl (C=O) groups excluding carboxylic acids is 1. The molecule has 0 aromatic heterocycles. The average molecular weight is 428 g/mol. The number of benzene rings is 2. The van der Waals surface area contributed by atoms with Gasteiger partial charge in [0.05, 0.1) is 6.04 Å². The molecule has 3 rings (SSSR count). The highest BCUT2D eigenvalue weighted by Gasteiger charge is 2.21. The number of carbonyl (C=O) groups is 1. The summed E-state index contributed by atoms with van der Waals surface area (Å²) < 4.78 is 0. The highest BCUT2D eigenvalue weighted by atomic mass is 35.5. The molecule has 1 aliphatic heterocycles. The summed E-state index contributed by atoms with van der Waals surface area (Å²) in [6, 6.07) is 16.0. The maximum atomic E-state index is 12.8. The predicted octanol–water partition coefficient (Wildman–Crippen LogP) is 5.14. The molecule has 1 unspecified atom stereocenters. The summed E-state index contributed by atoms with van der Waals surface area (Å²) >= 11 is 6.46. The van der Waals surface area contributed by atoms with Crippen LogP contribution in [0.1, 0.15) is 60.6 Å². The van der Waals surface area contributed by atoms with Gasteiger partial charge >= 0.3 is 0 Å². The summed E-state index contributed by atoms with van der Waals surface area (Å²) in [6.45, 7) is 9.92. The number of nitrogens with one attached hydrogen (secondary N) is 1. The molecule has 4 nitrogen and oxygen atoms in total. The first kappa shape index (κ1) is 22.8. The Labute approximate surface area is 186 Å². The predicted molar refractivity (Wildman–Crippen MR) is 125 cm³/mol. The lowest BCUT2D eigenvalue weighted by atomic mass is 10.0. The van der Waals surface area contributed by atoms with Gasteiger partial charge in [-0.25, -0.2) is 0 Å². The highest BCUT2D eigenvalue weighted by molar-refractivity contribution is 6.31. The highest BCUT2D eigenvalue weighted by Crippen LogP contribution is 2.27. The van der Waals surface area contributed by atoms with Crippen LogP contribution in [-0.4, -0.2) is 48.4 Å². The van der Waals surface area contributed by atoms with Crippen LogP contribution in [0.15, 0.2) is 48.5 Å². The molecule has 2 aromatic rings. The van der Waals surface area contributed by atoms with Gasteiger partial charge in [0.25, 0.3) is 5.91 Å². The van der Waals surface area contributed by atoms with Gasteiger partial charge in [-0.1, -0.05) is 62.2 Å². The van der Waals surface area contributed by atoms with Gasteiger partial charge in [-0.15, -0.1) is 0 Å². The van der Waals surface area contributed by atoms with E-state index in [2.05, 4.69) is 41.1 Å². The maximum Gasteiger partial charge on any atom is 0.251 e. The van der Waals surface area contributed by atoms with Crippen molar-refractivity contribution in [1.82, 2.24) is 15.1 Å². The van der Waals surface area contributed by atoms with Crippen molar-refractivity contribution < 1.29 is 4.79 Å². The van der Waals surface area contributed by atoms with Crippen LogP contribution in [0, 0.1) is 0 Å². The smallest absolute Gasteiger partial charge is 0.251 e. The normalized spacial score (nSPS) is 15.9. The monoisotopic (exact) mass is 427 g/mol. The molecule has 0 bridgehead atoms.